The standard InChI is InChI=1S/C15H11N3O4S/c19-14(20)10-5-6-12-13(10)17-7-11(16-15(17)23-12)8-1-3-9(4-2-8)18(21)22/h1-4,7,10H,5-6H2,(H,19,20). The Balaban J connectivity index is 1.78. The topological polar surface area (TPSA) is 97.7 Å². The molecule has 1 unspecified atom stereocenters. The van der Waals surface area contributed by atoms with Crippen molar-refractivity contribution in [3.63, 3.8) is 0 Å². The molecule has 0 amide bonds. The summed E-state index contributed by atoms with van der Waals surface area (Å²) < 4.78 is 1.85. The number of nitro benzene ring substituents is 1. The predicted octanol–water partition coefficient (Wildman–Crippen LogP) is 3.09. The Hall–Kier alpha value is -2.74. The van der Waals surface area contributed by atoms with E-state index < -0.39 is 16.8 Å². The minimum Gasteiger partial charge on any atom is -0.481 e. The Morgan fingerprint density at radius 1 is 1.39 bits per heavy atom. The van der Waals surface area contributed by atoms with Crippen molar-refractivity contribution < 1.29 is 14.8 Å². The van der Waals surface area contributed by atoms with E-state index in [1.54, 1.807) is 12.1 Å². The number of aliphatic carboxylic acids is 1. The number of nitrogens with zero attached hydrogens (tertiary/aromatic N) is 3. The minimum atomic E-state index is -0.811. The molecule has 0 aliphatic heterocycles. The number of carboxylic acid groups (broad SMARTS) is 1. The number of thiazole rings is 1. The highest BCUT2D eigenvalue weighted by atomic mass is 32.1. The Bertz CT molecular complexity index is 942. The van der Waals surface area contributed by atoms with Crippen molar-refractivity contribution in [2.75, 3.05) is 0 Å². The number of rotatable bonds is 3. The number of hydrogen-bond donors (Lipinski definition) is 1. The third-order valence-corrected chi connectivity index (χ3v) is 5.23. The highest BCUT2D eigenvalue weighted by Crippen LogP contribution is 2.39. The number of carbonyl (C=O) groups is 1. The first-order valence-corrected chi connectivity index (χ1v) is 7.84. The summed E-state index contributed by atoms with van der Waals surface area (Å²) in [4.78, 5) is 28.0. The van der Waals surface area contributed by atoms with Crippen LogP contribution in [0.4, 0.5) is 5.69 Å². The molecule has 0 spiro atoms. The third kappa shape index (κ3) is 2.10. The summed E-state index contributed by atoms with van der Waals surface area (Å²) in [5.41, 5.74) is 2.30. The molecule has 116 valence electrons. The Labute approximate surface area is 134 Å². The third-order valence-electron chi connectivity index (χ3n) is 4.10. The molecule has 4 rings (SSSR count). The van der Waals surface area contributed by atoms with Gasteiger partial charge in [0.1, 0.15) is 0 Å². The monoisotopic (exact) mass is 329 g/mol. The lowest BCUT2D eigenvalue weighted by Gasteiger charge is -2.03. The first-order chi connectivity index (χ1) is 11.0. The van der Waals surface area contributed by atoms with Crippen LogP contribution < -0.4 is 0 Å². The molecule has 2 aromatic heterocycles. The van der Waals surface area contributed by atoms with Gasteiger partial charge in [0.2, 0.25) is 0 Å². The molecular formula is C15H11N3O4S. The van der Waals surface area contributed by atoms with Gasteiger partial charge in [-0.3, -0.25) is 19.3 Å². The summed E-state index contributed by atoms with van der Waals surface area (Å²) in [6.07, 6.45) is 3.21. The second-order valence-electron chi connectivity index (χ2n) is 5.42. The molecule has 23 heavy (non-hydrogen) atoms. The zero-order chi connectivity index (χ0) is 16.1. The molecule has 1 N–H and O–H groups in total. The van der Waals surface area contributed by atoms with Crippen molar-refractivity contribution in [2.24, 2.45) is 0 Å². The van der Waals surface area contributed by atoms with Gasteiger partial charge in [0.05, 0.1) is 22.2 Å². The van der Waals surface area contributed by atoms with Crippen LogP contribution in [0.15, 0.2) is 30.5 Å². The van der Waals surface area contributed by atoms with Crippen LogP contribution in [-0.2, 0) is 11.2 Å². The quantitative estimate of drug-likeness (QED) is 0.588. The van der Waals surface area contributed by atoms with Gasteiger partial charge in [0.25, 0.3) is 5.69 Å². The summed E-state index contributed by atoms with van der Waals surface area (Å²) in [6, 6.07) is 6.18. The molecule has 3 aromatic rings. The van der Waals surface area contributed by atoms with Gasteiger partial charge in [0.15, 0.2) is 4.96 Å². The maximum Gasteiger partial charge on any atom is 0.312 e. The minimum absolute atomic E-state index is 0.0293. The van der Waals surface area contributed by atoms with Crippen LogP contribution in [-0.4, -0.2) is 25.4 Å². The number of aryl methyl sites for hydroxylation is 1. The molecule has 1 aliphatic carbocycles. The number of benzene rings is 1. The number of aromatic nitrogens is 2. The van der Waals surface area contributed by atoms with E-state index in [0.29, 0.717) is 12.1 Å². The van der Waals surface area contributed by atoms with Crippen LogP contribution in [0.2, 0.25) is 0 Å². The maximum atomic E-state index is 11.4. The van der Waals surface area contributed by atoms with E-state index >= 15 is 0 Å². The predicted molar refractivity (Wildman–Crippen MR) is 83.9 cm³/mol. The molecule has 0 fully saturated rings. The molecular weight excluding hydrogens is 318 g/mol. The van der Waals surface area contributed by atoms with Crippen molar-refractivity contribution in [2.45, 2.75) is 18.8 Å². The summed E-state index contributed by atoms with van der Waals surface area (Å²) in [5.74, 6) is -1.30. The normalized spacial score (nSPS) is 16.6. The van der Waals surface area contributed by atoms with Gasteiger partial charge in [-0.2, -0.15) is 0 Å². The second kappa shape index (κ2) is 4.88. The first-order valence-electron chi connectivity index (χ1n) is 7.03. The number of imidazole rings is 1. The summed E-state index contributed by atoms with van der Waals surface area (Å²) >= 11 is 1.51. The van der Waals surface area contributed by atoms with Crippen LogP contribution in [0.5, 0.6) is 0 Å². The van der Waals surface area contributed by atoms with Crippen LogP contribution in [0, 0.1) is 10.1 Å². The molecule has 0 saturated carbocycles. The van der Waals surface area contributed by atoms with E-state index in [-0.39, 0.29) is 5.69 Å². The Morgan fingerprint density at radius 2 is 2.13 bits per heavy atom. The van der Waals surface area contributed by atoms with Gasteiger partial charge < -0.3 is 5.11 Å². The van der Waals surface area contributed by atoms with Crippen LogP contribution >= 0.6 is 11.3 Å². The fourth-order valence-electron chi connectivity index (χ4n) is 2.99. The van der Waals surface area contributed by atoms with E-state index in [1.165, 1.54) is 23.5 Å². The van der Waals surface area contributed by atoms with Crippen LogP contribution in [0.1, 0.15) is 22.9 Å². The first kappa shape index (κ1) is 13.9. The molecule has 0 bridgehead atoms. The molecule has 1 atom stereocenters. The average molecular weight is 329 g/mol. The Morgan fingerprint density at radius 3 is 2.78 bits per heavy atom. The van der Waals surface area contributed by atoms with Gasteiger partial charge in [-0.15, -0.1) is 11.3 Å². The van der Waals surface area contributed by atoms with Gasteiger partial charge in [0, 0.05) is 28.8 Å². The largest absolute Gasteiger partial charge is 0.481 e. The Kier molecular flexibility index (Phi) is 2.95. The van der Waals surface area contributed by atoms with Crippen molar-refractivity contribution >= 4 is 28.0 Å². The van der Waals surface area contributed by atoms with Gasteiger partial charge in [-0.05, 0) is 25.0 Å². The molecule has 1 aromatic carbocycles. The van der Waals surface area contributed by atoms with Crippen molar-refractivity contribution in [1.82, 2.24) is 9.38 Å². The lowest BCUT2D eigenvalue weighted by atomic mass is 10.1. The second-order valence-corrected chi connectivity index (χ2v) is 6.48. The van der Waals surface area contributed by atoms with Crippen LogP contribution in [0.3, 0.4) is 0 Å². The summed E-state index contributed by atoms with van der Waals surface area (Å²) in [6.45, 7) is 0. The average Bonchev–Trinajstić information content (AvgIpc) is 3.17. The summed E-state index contributed by atoms with van der Waals surface area (Å²) in [5, 5.41) is 20.1. The number of non-ortho nitro benzene ring substituents is 1. The number of fused-ring (bicyclic) bond motifs is 3. The molecule has 0 saturated heterocycles. The van der Waals surface area contributed by atoms with E-state index in [2.05, 4.69) is 4.98 Å². The number of hydrogen-bond acceptors (Lipinski definition) is 5. The maximum absolute atomic E-state index is 11.4. The van der Waals surface area contributed by atoms with Crippen molar-refractivity contribution in [1.29, 1.82) is 0 Å². The van der Waals surface area contributed by atoms with E-state index in [1.807, 2.05) is 10.6 Å². The van der Waals surface area contributed by atoms with E-state index in [9.17, 15) is 20.0 Å². The van der Waals surface area contributed by atoms with Crippen molar-refractivity contribution in [3.8, 4) is 11.3 Å². The van der Waals surface area contributed by atoms with Crippen LogP contribution in [0.25, 0.3) is 16.2 Å². The van der Waals surface area contributed by atoms with E-state index in [0.717, 1.165) is 27.5 Å². The highest BCUT2D eigenvalue weighted by Gasteiger charge is 2.33. The van der Waals surface area contributed by atoms with Gasteiger partial charge in [-0.25, -0.2) is 4.98 Å². The SMILES string of the molecule is O=C(O)C1CCc2sc3nc(-c4ccc([N+](=O)[O-])cc4)cn3c21. The zero-order valence-corrected chi connectivity index (χ0v) is 12.6. The fraction of sp³-hybridized carbons (Fsp3) is 0.200. The highest BCUT2D eigenvalue weighted by molar-refractivity contribution is 7.17. The molecule has 1 aliphatic rings. The number of nitro groups is 1. The molecule has 7 nitrogen and oxygen atoms in total. The molecule has 8 heteroatoms. The lowest BCUT2D eigenvalue weighted by molar-refractivity contribution is -0.384. The van der Waals surface area contributed by atoms with E-state index in [4.69, 9.17) is 0 Å². The zero-order valence-electron chi connectivity index (χ0n) is 11.8. The smallest absolute Gasteiger partial charge is 0.312 e. The lowest BCUT2D eigenvalue weighted by Crippen LogP contribution is -2.09. The van der Waals surface area contributed by atoms with Gasteiger partial charge in [-0.1, -0.05) is 0 Å². The van der Waals surface area contributed by atoms with Gasteiger partial charge >= 0.3 is 5.97 Å². The number of carboxylic acids is 1. The van der Waals surface area contributed by atoms with Crippen molar-refractivity contribution in [3.05, 3.63) is 51.1 Å². The summed E-state index contributed by atoms with van der Waals surface area (Å²) in [7, 11) is 0. The fourth-order valence-corrected chi connectivity index (χ4v) is 4.17. The molecule has 0 radical (unpaired) electrons. The molecule has 2 heterocycles.